The number of carboxylic acid groups (broad SMARTS) is 1. The number of aromatic nitrogens is 2. The molecule has 0 spiro atoms. The predicted molar refractivity (Wildman–Crippen MR) is 60.7 cm³/mol. The highest BCUT2D eigenvalue weighted by molar-refractivity contribution is 6.30. The highest BCUT2D eigenvalue weighted by Crippen LogP contribution is 2.28. The first-order chi connectivity index (χ1) is 7.63. The minimum Gasteiger partial charge on any atom is -0.481 e. The fourth-order valence-electron chi connectivity index (χ4n) is 2.21. The van der Waals surface area contributed by atoms with Gasteiger partial charge in [0.1, 0.15) is 5.82 Å². The predicted octanol–water partition coefficient (Wildman–Crippen LogP) is 2.14. The van der Waals surface area contributed by atoms with Crippen LogP contribution in [0.3, 0.4) is 0 Å². The fourth-order valence-corrected chi connectivity index (χ4v) is 2.49. The zero-order chi connectivity index (χ0) is 11.7. The summed E-state index contributed by atoms with van der Waals surface area (Å²) in [5.41, 5.74) is 0.892. The summed E-state index contributed by atoms with van der Waals surface area (Å²) in [5.74, 6) is -0.0527. The van der Waals surface area contributed by atoms with E-state index in [1.54, 1.807) is 0 Å². The van der Waals surface area contributed by atoms with Crippen LogP contribution in [0.2, 0.25) is 5.15 Å². The molecular weight excluding hydrogens is 228 g/mol. The first kappa shape index (κ1) is 11.5. The smallest absolute Gasteiger partial charge is 0.306 e. The van der Waals surface area contributed by atoms with E-state index < -0.39 is 5.97 Å². The highest BCUT2D eigenvalue weighted by Gasteiger charge is 2.28. The maximum absolute atomic E-state index is 10.9. The molecule has 1 unspecified atom stereocenters. The minimum atomic E-state index is -0.736. The lowest BCUT2D eigenvalue weighted by Crippen LogP contribution is -2.26. The summed E-state index contributed by atoms with van der Waals surface area (Å²) >= 11 is 6.04. The van der Waals surface area contributed by atoms with Gasteiger partial charge >= 0.3 is 5.97 Å². The van der Waals surface area contributed by atoms with E-state index in [0.717, 1.165) is 30.9 Å². The molecule has 0 bridgehead atoms. The molecule has 1 aromatic rings. The van der Waals surface area contributed by atoms with Crippen molar-refractivity contribution in [2.24, 2.45) is 5.92 Å². The Morgan fingerprint density at radius 3 is 3.06 bits per heavy atom. The number of aryl methyl sites for hydroxylation is 1. The molecule has 16 heavy (non-hydrogen) atoms. The van der Waals surface area contributed by atoms with Crippen molar-refractivity contribution in [2.45, 2.75) is 39.2 Å². The molecule has 4 nitrogen and oxygen atoms in total. The Morgan fingerprint density at radius 2 is 2.44 bits per heavy atom. The molecule has 0 aromatic carbocycles. The molecule has 0 saturated carbocycles. The summed E-state index contributed by atoms with van der Waals surface area (Å²) in [5, 5.41) is 9.47. The number of nitrogens with zero attached hydrogens (tertiary/aromatic N) is 2. The van der Waals surface area contributed by atoms with Crippen LogP contribution in [0.4, 0.5) is 0 Å². The van der Waals surface area contributed by atoms with E-state index in [1.165, 1.54) is 0 Å². The summed E-state index contributed by atoms with van der Waals surface area (Å²) in [4.78, 5) is 15.2. The quantitative estimate of drug-likeness (QED) is 0.884. The standard InChI is InChI=1S/C11H15ClN2O2/c1-2-3-9-13-10(12)8-6-7(11(15)16)4-5-14(8)9/h7H,2-6H2,1H3,(H,15,16). The zero-order valence-corrected chi connectivity index (χ0v) is 10.00. The van der Waals surface area contributed by atoms with Gasteiger partial charge in [0, 0.05) is 19.4 Å². The molecule has 5 heteroatoms. The van der Waals surface area contributed by atoms with Crippen LogP contribution >= 0.6 is 11.6 Å². The number of hydrogen-bond acceptors (Lipinski definition) is 2. The van der Waals surface area contributed by atoms with Gasteiger partial charge in [-0.3, -0.25) is 4.79 Å². The molecule has 1 aliphatic rings. The molecule has 1 aromatic heterocycles. The molecule has 2 rings (SSSR count). The van der Waals surface area contributed by atoms with Crippen LogP contribution in [0.1, 0.15) is 31.3 Å². The molecule has 1 aliphatic heterocycles. The van der Waals surface area contributed by atoms with Crippen molar-refractivity contribution in [1.82, 2.24) is 9.55 Å². The molecular formula is C11H15ClN2O2. The fraction of sp³-hybridized carbons (Fsp3) is 0.636. The average molecular weight is 243 g/mol. The first-order valence-corrected chi connectivity index (χ1v) is 5.97. The molecule has 1 N–H and O–H groups in total. The van der Waals surface area contributed by atoms with Crippen LogP contribution in [0.15, 0.2) is 0 Å². The molecule has 1 atom stereocenters. The van der Waals surface area contributed by atoms with E-state index in [1.807, 2.05) is 0 Å². The van der Waals surface area contributed by atoms with Crippen molar-refractivity contribution in [3.8, 4) is 0 Å². The van der Waals surface area contributed by atoms with Crippen molar-refractivity contribution in [3.05, 3.63) is 16.7 Å². The van der Waals surface area contributed by atoms with E-state index in [2.05, 4.69) is 16.5 Å². The van der Waals surface area contributed by atoms with Crippen molar-refractivity contribution in [3.63, 3.8) is 0 Å². The van der Waals surface area contributed by atoms with Gasteiger partial charge in [0.2, 0.25) is 0 Å². The normalized spacial score (nSPS) is 19.5. The lowest BCUT2D eigenvalue weighted by molar-refractivity contribution is -0.142. The first-order valence-electron chi connectivity index (χ1n) is 5.60. The van der Waals surface area contributed by atoms with Crippen molar-refractivity contribution < 1.29 is 9.90 Å². The molecule has 2 heterocycles. The van der Waals surface area contributed by atoms with Crippen LogP contribution in [0.5, 0.6) is 0 Å². The van der Waals surface area contributed by atoms with Gasteiger partial charge < -0.3 is 9.67 Å². The minimum absolute atomic E-state index is 0.309. The lowest BCUT2D eigenvalue weighted by atomic mass is 9.96. The number of aliphatic carboxylic acids is 1. The molecule has 88 valence electrons. The lowest BCUT2D eigenvalue weighted by Gasteiger charge is -2.22. The van der Waals surface area contributed by atoms with Gasteiger partial charge in [0.05, 0.1) is 11.6 Å². The SMILES string of the molecule is CCCc1nc(Cl)c2n1CCC(C(=O)O)C2. The Hall–Kier alpha value is -1.03. The van der Waals surface area contributed by atoms with Crippen LogP contribution < -0.4 is 0 Å². The monoisotopic (exact) mass is 242 g/mol. The van der Waals surface area contributed by atoms with E-state index in [4.69, 9.17) is 16.7 Å². The summed E-state index contributed by atoms with van der Waals surface area (Å²) < 4.78 is 2.09. The third-order valence-corrected chi connectivity index (χ3v) is 3.37. The Labute approximate surface area is 99.2 Å². The van der Waals surface area contributed by atoms with Crippen LogP contribution in [0.25, 0.3) is 0 Å². The number of fused-ring (bicyclic) bond motifs is 1. The Morgan fingerprint density at radius 1 is 1.69 bits per heavy atom. The Kier molecular flexibility index (Phi) is 3.19. The maximum Gasteiger partial charge on any atom is 0.306 e. The maximum atomic E-state index is 10.9. The van der Waals surface area contributed by atoms with Gasteiger partial charge in [-0.2, -0.15) is 0 Å². The second kappa shape index (κ2) is 4.45. The second-order valence-corrected chi connectivity index (χ2v) is 4.55. The van der Waals surface area contributed by atoms with Crippen molar-refractivity contribution in [2.75, 3.05) is 0 Å². The Bertz CT molecular complexity index is 414. The van der Waals surface area contributed by atoms with Crippen LogP contribution in [-0.4, -0.2) is 20.6 Å². The van der Waals surface area contributed by atoms with Crippen LogP contribution in [-0.2, 0) is 24.2 Å². The summed E-state index contributed by atoms with van der Waals surface area (Å²) in [6.07, 6.45) is 3.10. The van der Waals surface area contributed by atoms with E-state index >= 15 is 0 Å². The van der Waals surface area contributed by atoms with Crippen LogP contribution in [0, 0.1) is 5.92 Å². The number of carbonyl (C=O) groups is 1. The van der Waals surface area contributed by atoms with Gasteiger partial charge in [0.15, 0.2) is 5.15 Å². The zero-order valence-electron chi connectivity index (χ0n) is 9.24. The third-order valence-electron chi connectivity index (χ3n) is 3.07. The number of imidazole rings is 1. The number of halogens is 1. The molecule has 0 aliphatic carbocycles. The van der Waals surface area contributed by atoms with Gasteiger partial charge in [-0.1, -0.05) is 18.5 Å². The van der Waals surface area contributed by atoms with E-state index in [-0.39, 0.29) is 5.92 Å². The topological polar surface area (TPSA) is 55.1 Å². The Balaban J connectivity index is 2.29. The van der Waals surface area contributed by atoms with Gasteiger partial charge in [-0.25, -0.2) is 4.98 Å². The third kappa shape index (κ3) is 1.94. The second-order valence-electron chi connectivity index (χ2n) is 4.20. The molecule has 0 amide bonds. The molecule has 0 radical (unpaired) electrons. The van der Waals surface area contributed by atoms with E-state index in [0.29, 0.717) is 18.0 Å². The van der Waals surface area contributed by atoms with Crippen molar-refractivity contribution >= 4 is 17.6 Å². The number of rotatable bonds is 3. The summed E-state index contributed by atoms with van der Waals surface area (Å²) in [6.45, 7) is 2.82. The average Bonchev–Trinajstić information content (AvgIpc) is 2.56. The highest BCUT2D eigenvalue weighted by atomic mass is 35.5. The van der Waals surface area contributed by atoms with Crippen molar-refractivity contribution in [1.29, 1.82) is 0 Å². The van der Waals surface area contributed by atoms with E-state index in [9.17, 15) is 4.79 Å². The summed E-state index contributed by atoms with van der Waals surface area (Å²) in [6, 6.07) is 0. The largest absolute Gasteiger partial charge is 0.481 e. The molecule has 0 saturated heterocycles. The van der Waals surface area contributed by atoms with Gasteiger partial charge in [-0.05, 0) is 12.8 Å². The molecule has 0 fully saturated rings. The number of carboxylic acids is 1. The summed E-state index contributed by atoms with van der Waals surface area (Å²) in [7, 11) is 0. The van der Waals surface area contributed by atoms with Gasteiger partial charge in [0.25, 0.3) is 0 Å². The number of hydrogen-bond donors (Lipinski definition) is 1. The van der Waals surface area contributed by atoms with Gasteiger partial charge in [-0.15, -0.1) is 0 Å².